The summed E-state index contributed by atoms with van der Waals surface area (Å²) in [5.41, 5.74) is 2.13. The van der Waals surface area contributed by atoms with E-state index in [2.05, 4.69) is 5.32 Å². The Kier molecular flexibility index (Phi) is 5.49. The number of hydrogen-bond donors (Lipinski definition) is 1. The van der Waals surface area contributed by atoms with Crippen LogP contribution in [-0.2, 0) is 4.74 Å². The third-order valence-corrected chi connectivity index (χ3v) is 4.01. The van der Waals surface area contributed by atoms with E-state index in [-0.39, 0.29) is 0 Å². The van der Waals surface area contributed by atoms with E-state index in [4.69, 9.17) is 21.1 Å². The molecule has 0 saturated carbocycles. The van der Waals surface area contributed by atoms with Crippen LogP contribution in [0.3, 0.4) is 0 Å². The summed E-state index contributed by atoms with van der Waals surface area (Å²) in [5, 5.41) is 4.23. The van der Waals surface area contributed by atoms with Gasteiger partial charge in [0.05, 0.1) is 6.61 Å². The summed E-state index contributed by atoms with van der Waals surface area (Å²) < 4.78 is 11.1. The van der Waals surface area contributed by atoms with Crippen LogP contribution in [0.25, 0.3) is 0 Å². The predicted molar refractivity (Wildman–Crippen MR) is 78.2 cm³/mol. The third-order valence-electron chi connectivity index (χ3n) is 3.41. The normalized spacial score (nSPS) is 18.8. The van der Waals surface area contributed by atoms with Crippen molar-refractivity contribution < 1.29 is 9.47 Å². The van der Waals surface area contributed by atoms with Crippen molar-refractivity contribution in [1.29, 1.82) is 0 Å². The lowest BCUT2D eigenvalue weighted by Gasteiger charge is -2.12. The lowest BCUT2D eigenvalue weighted by Crippen LogP contribution is -2.27. The maximum absolute atomic E-state index is 6.13. The molecule has 1 aromatic rings. The molecule has 1 saturated heterocycles. The summed E-state index contributed by atoms with van der Waals surface area (Å²) in [6.45, 7) is 8.35. The number of benzene rings is 1. The minimum absolute atomic E-state index is 0.667. The average molecular weight is 284 g/mol. The second-order valence-corrected chi connectivity index (χ2v) is 5.53. The minimum Gasteiger partial charge on any atom is -0.492 e. The topological polar surface area (TPSA) is 30.5 Å². The molecule has 1 N–H and O–H groups in total. The zero-order chi connectivity index (χ0) is 13.7. The molecule has 1 aliphatic heterocycles. The van der Waals surface area contributed by atoms with Gasteiger partial charge in [0.2, 0.25) is 0 Å². The van der Waals surface area contributed by atoms with Gasteiger partial charge in [-0.1, -0.05) is 11.6 Å². The Morgan fingerprint density at radius 3 is 2.74 bits per heavy atom. The van der Waals surface area contributed by atoms with Crippen molar-refractivity contribution in [2.24, 2.45) is 5.92 Å². The van der Waals surface area contributed by atoms with Gasteiger partial charge in [0.25, 0.3) is 0 Å². The highest BCUT2D eigenvalue weighted by Gasteiger charge is 2.14. The first-order valence-electron chi connectivity index (χ1n) is 6.85. The highest BCUT2D eigenvalue weighted by Crippen LogP contribution is 2.25. The first kappa shape index (κ1) is 14.6. The van der Waals surface area contributed by atoms with Crippen LogP contribution in [0.1, 0.15) is 17.5 Å². The molecule has 0 spiro atoms. The molecule has 0 amide bonds. The van der Waals surface area contributed by atoms with Gasteiger partial charge < -0.3 is 14.8 Å². The molecule has 19 heavy (non-hydrogen) atoms. The molecule has 1 heterocycles. The van der Waals surface area contributed by atoms with Crippen LogP contribution >= 0.6 is 11.6 Å². The van der Waals surface area contributed by atoms with Gasteiger partial charge in [-0.3, -0.25) is 0 Å². The van der Waals surface area contributed by atoms with Gasteiger partial charge in [0.15, 0.2) is 0 Å². The third kappa shape index (κ3) is 4.37. The van der Waals surface area contributed by atoms with Gasteiger partial charge in [-0.25, -0.2) is 0 Å². The van der Waals surface area contributed by atoms with E-state index in [1.165, 1.54) is 6.42 Å². The number of aryl methyl sites for hydroxylation is 2. The van der Waals surface area contributed by atoms with Crippen molar-refractivity contribution in [2.75, 3.05) is 32.9 Å². The second-order valence-electron chi connectivity index (χ2n) is 5.15. The Labute approximate surface area is 120 Å². The molecule has 0 radical (unpaired) electrons. The number of nitrogens with one attached hydrogen (secondary N) is 1. The summed E-state index contributed by atoms with van der Waals surface area (Å²) in [6.07, 6.45) is 1.17. The molecule has 2 rings (SSSR count). The highest BCUT2D eigenvalue weighted by molar-refractivity contribution is 6.32. The van der Waals surface area contributed by atoms with E-state index in [9.17, 15) is 0 Å². The van der Waals surface area contributed by atoms with Crippen LogP contribution in [0, 0.1) is 19.8 Å². The van der Waals surface area contributed by atoms with Gasteiger partial charge >= 0.3 is 0 Å². The molecule has 0 aliphatic carbocycles. The second kappa shape index (κ2) is 7.13. The molecule has 0 bridgehead atoms. The largest absolute Gasteiger partial charge is 0.492 e. The number of hydrogen-bond acceptors (Lipinski definition) is 3. The SMILES string of the molecule is Cc1cc(OCCNCC2CCOC2)cc(C)c1Cl. The van der Waals surface area contributed by atoms with Crippen molar-refractivity contribution in [2.45, 2.75) is 20.3 Å². The molecule has 1 aromatic carbocycles. The zero-order valence-corrected chi connectivity index (χ0v) is 12.4. The van der Waals surface area contributed by atoms with E-state index in [0.29, 0.717) is 12.5 Å². The highest BCUT2D eigenvalue weighted by atomic mass is 35.5. The summed E-state index contributed by atoms with van der Waals surface area (Å²) in [5.74, 6) is 1.56. The average Bonchev–Trinajstić information content (AvgIpc) is 2.88. The Morgan fingerprint density at radius 1 is 1.37 bits per heavy atom. The fourth-order valence-corrected chi connectivity index (χ4v) is 2.39. The lowest BCUT2D eigenvalue weighted by atomic mass is 10.1. The zero-order valence-electron chi connectivity index (χ0n) is 11.7. The molecule has 1 unspecified atom stereocenters. The molecule has 1 aliphatic rings. The van der Waals surface area contributed by atoms with Gasteiger partial charge in [-0.15, -0.1) is 0 Å². The Bertz CT molecular complexity index is 394. The van der Waals surface area contributed by atoms with Gasteiger partial charge in [0.1, 0.15) is 12.4 Å². The van der Waals surface area contributed by atoms with E-state index < -0.39 is 0 Å². The van der Waals surface area contributed by atoms with Crippen molar-refractivity contribution in [3.05, 3.63) is 28.3 Å². The van der Waals surface area contributed by atoms with Crippen LogP contribution in [-0.4, -0.2) is 32.9 Å². The smallest absolute Gasteiger partial charge is 0.119 e. The van der Waals surface area contributed by atoms with Gasteiger partial charge in [-0.2, -0.15) is 0 Å². The van der Waals surface area contributed by atoms with Crippen LogP contribution in [0.5, 0.6) is 5.75 Å². The maximum Gasteiger partial charge on any atom is 0.119 e. The predicted octanol–water partition coefficient (Wildman–Crippen LogP) is 2.96. The van der Waals surface area contributed by atoms with Crippen molar-refractivity contribution in [1.82, 2.24) is 5.32 Å². The number of halogens is 1. The molecule has 1 atom stereocenters. The Morgan fingerprint density at radius 2 is 2.11 bits per heavy atom. The first-order chi connectivity index (χ1) is 9.16. The van der Waals surface area contributed by atoms with E-state index in [1.54, 1.807) is 0 Å². The van der Waals surface area contributed by atoms with Crippen molar-refractivity contribution in [3.8, 4) is 5.75 Å². The fraction of sp³-hybridized carbons (Fsp3) is 0.600. The van der Waals surface area contributed by atoms with E-state index >= 15 is 0 Å². The molecular formula is C15H22ClNO2. The minimum atomic E-state index is 0.667. The lowest BCUT2D eigenvalue weighted by molar-refractivity contribution is 0.185. The number of ether oxygens (including phenoxy) is 2. The summed E-state index contributed by atoms with van der Waals surface area (Å²) in [6, 6.07) is 3.97. The summed E-state index contributed by atoms with van der Waals surface area (Å²) in [7, 11) is 0. The molecule has 1 fully saturated rings. The Hall–Kier alpha value is -0.770. The fourth-order valence-electron chi connectivity index (χ4n) is 2.28. The van der Waals surface area contributed by atoms with Crippen LogP contribution in [0.15, 0.2) is 12.1 Å². The Balaban J connectivity index is 1.67. The van der Waals surface area contributed by atoms with Gasteiger partial charge in [0, 0.05) is 24.7 Å². The van der Waals surface area contributed by atoms with E-state index in [1.807, 2.05) is 26.0 Å². The molecule has 4 heteroatoms. The molecule has 0 aromatic heterocycles. The van der Waals surface area contributed by atoms with E-state index in [0.717, 1.165) is 48.2 Å². The summed E-state index contributed by atoms with van der Waals surface area (Å²) >= 11 is 6.13. The number of rotatable bonds is 6. The standard InChI is InChI=1S/C15H22ClNO2/c1-11-7-14(8-12(2)15(11)16)19-6-4-17-9-13-3-5-18-10-13/h7-8,13,17H,3-6,9-10H2,1-2H3. The van der Waals surface area contributed by atoms with Gasteiger partial charge in [-0.05, 0) is 49.4 Å². The first-order valence-corrected chi connectivity index (χ1v) is 7.22. The van der Waals surface area contributed by atoms with Crippen LogP contribution in [0.2, 0.25) is 5.02 Å². The van der Waals surface area contributed by atoms with Crippen molar-refractivity contribution in [3.63, 3.8) is 0 Å². The maximum atomic E-state index is 6.13. The van der Waals surface area contributed by atoms with Crippen LogP contribution < -0.4 is 10.1 Å². The molecule has 106 valence electrons. The summed E-state index contributed by atoms with van der Waals surface area (Å²) in [4.78, 5) is 0. The van der Waals surface area contributed by atoms with Crippen molar-refractivity contribution >= 4 is 11.6 Å². The quantitative estimate of drug-likeness (QED) is 0.814. The molecular weight excluding hydrogens is 262 g/mol. The monoisotopic (exact) mass is 283 g/mol. The van der Waals surface area contributed by atoms with Crippen LogP contribution in [0.4, 0.5) is 0 Å². The molecule has 3 nitrogen and oxygen atoms in total.